The molecule has 0 amide bonds. The third-order valence-electron chi connectivity index (χ3n) is 1.87. The fraction of sp³-hybridized carbons (Fsp3) is 0.250. The molecule has 72 valence electrons. The Bertz CT molecular complexity index is 383. The summed E-state index contributed by atoms with van der Waals surface area (Å²) in [4.78, 5) is 10.5. The van der Waals surface area contributed by atoms with E-state index in [-0.39, 0.29) is 6.61 Å². The highest BCUT2D eigenvalue weighted by Gasteiger charge is 1.95. The van der Waals surface area contributed by atoms with Crippen LogP contribution in [0.3, 0.4) is 0 Å². The molecule has 0 saturated heterocycles. The molecule has 1 aromatic rings. The van der Waals surface area contributed by atoms with Crippen LogP contribution in [0.1, 0.15) is 27.9 Å². The standard InChI is InChI=1S/C12H12O2/c1-10-8-11(4-2-3-7-13)5-6-12(10)9-14/h5-6,8-9,13H,3,7H2,1H3. The van der Waals surface area contributed by atoms with Gasteiger partial charge in [-0.25, -0.2) is 0 Å². The zero-order chi connectivity index (χ0) is 10.4. The van der Waals surface area contributed by atoms with Crippen LogP contribution in [0.25, 0.3) is 0 Å². The second-order valence-corrected chi connectivity index (χ2v) is 2.96. The van der Waals surface area contributed by atoms with Gasteiger partial charge in [0.05, 0.1) is 6.61 Å². The molecule has 2 nitrogen and oxygen atoms in total. The van der Waals surface area contributed by atoms with Gasteiger partial charge in [0.2, 0.25) is 0 Å². The van der Waals surface area contributed by atoms with Gasteiger partial charge in [0, 0.05) is 17.5 Å². The molecule has 0 unspecified atom stereocenters. The van der Waals surface area contributed by atoms with Gasteiger partial charge in [-0.15, -0.1) is 0 Å². The van der Waals surface area contributed by atoms with Gasteiger partial charge in [-0.05, 0) is 24.6 Å². The molecule has 1 N–H and O–H groups in total. The number of aliphatic hydroxyl groups excluding tert-OH is 1. The Labute approximate surface area is 83.6 Å². The Kier molecular flexibility index (Phi) is 3.90. The molecular formula is C12H12O2. The van der Waals surface area contributed by atoms with Crippen LogP contribution in [0.15, 0.2) is 18.2 Å². The van der Waals surface area contributed by atoms with Gasteiger partial charge in [0.15, 0.2) is 0 Å². The summed E-state index contributed by atoms with van der Waals surface area (Å²) in [6.07, 6.45) is 1.31. The quantitative estimate of drug-likeness (QED) is 0.564. The lowest BCUT2D eigenvalue weighted by Gasteiger charge is -1.97. The van der Waals surface area contributed by atoms with E-state index in [1.165, 1.54) is 0 Å². The second-order valence-electron chi connectivity index (χ2n) is 2.96. The number of benzene rings is 1. The summed E-state index contributed by atoms with van der Waals surface area (Å²) in [5.41, 5.74) is 2.50. The third-order valence-corrected chi connectivity index (χ3v) is 1.87. The predicted octanol–water partition coefficient (Wildman–Crippen LogP) is 1.54. The summed E-state index contributed by atoms with van der Waals surface area (Å²) in [6.45, 7) is 1.96. The van der Waals surface area contributed by atoms with Crippen LogP contribution < -0.4 is 0 Å². The Morgan fingerprint density at radius 3 is 2.86 bits per heavy atom. The van der Waals surface area contributed by atoms with E-state index in [1.807, 2.05) is 13.0 Å². The van der Waals surface area contributed by atoms with Gasteiger partial charge in [-0.3, -0.25) is 4.79 Å². The van der Waals surface area contributed by atoms with Crippen LogP contribution >= 0.6 is 0 Å². The lowest BCUT2D eigenvalue weighted by molar-refractivity contribution is 0.112. The summed E-state index contributed by atoms with van der Waals surface area (Å²) in [6, 6.07) is 5.43. The molecule has 0 atom stereocenters. The molecule has 0 spiro atoms. The van der Waals surface area contributed by atoms with Crippen LogP contribution in [0.5, 0.6) is 0 Å². The number of aliphatic hydroxyl groups is 1. The Balaban J connectivity index is 2.88. The molecule has 0 radical (unpaired) electrons. The molecule has 2 heteroatoms. The first-order valence-electron chi connectivity index (χ1n) is 4.43. The molecule has 0 saturated carbocycles. The zero-order valence-electron chi connectivity index (χ0n) is 8.08. The van der Waals surface area contributed by atoms with E-state index in [2.05, 4.69) is 11.8 Å². The Morgan fingerprint density at radius 2 is 2.29 bits per heavy atom. The fourth-order valence-electron chi connectivity index (χ4n) is 1.11. The molecule has 0 aromatic heterocycles. The number of hydrogen-bond donors (Lipinski definition) is 1. The van der Waals surface area contributed by atoms with Crippen LogP contribution in [0.2, 0.25) is 0 Å². The van der Waals surface area contributed by atoms with Crippen LogP contribution in [-0.4, -0.2) is 18.0 Å². The van der Waals surface area contributed by atoms with E-state index in [9.17, 15) is 4.79 Å². The smallest absolute Gasteiger partial charge is 0.150 e. The van der Waals surface area contributed by atoms with Crippen molar-refractivity contribution in [2.75, 3.05) is 6.61 Å². The first-order chi connectivity index (χ1) is 6.77. The van der Waals surface area contributed by atoms with Gasteiger partial charge >= 0.3 is 0 Å². The van der Waals surface area contributed by atoms with Gasteiger partial charge < -0.3 is 5.11 Å². The van der Waals surface area contributed by atoms with Gasteiger partial charge in [-0.2, -0.15) is 0 Å². The molecule has 0 aliphatic heterocycles. The van der Waals surface area contributed by atoms with Crippen LogP contribution in [-0.2, 0) is 0 Å². The number of carbonyl (C=O) groups is 1. The predicted molar refractivity (Wildman–Crippen MR) is 55.1 cm³/mol. The molecule has 1 rings (SSSR count). The molecule has 0 aliphatic carbocycles. The van der Waals surface area contributed by atoms with Crippen molar-refractivity contribution in [1.82, 2.24) is 0 Å². The maximum Gasteiger partial charge on any atom is 0.150 e. The first kappa shape index (κ1) is 10.5. The zero-order valence-corrected chi connectivity index (χ0v) is 8.08. The highest BCUT2D eigenvalue weighted by Crippen LogP contribution is 2.07. The lowest BCUT2D eigenvalue weighted by atomic mass is 10.1. The van der Waals surface area contributed by atoms with E-state index in [0.717, 1.165) is 17.4 Å². The normalized spacial score (nSPS) is 9.00. The van der Waals surface area contributed by atoms with Gasteiger partial charge in [0.1, 0.15) is 6.29 Å². The monoisotopic (exact) mass is 188 g/mol. The first-order valence-corrected chi connectivity index (χ1v) is 4.43. The molecule has 14 heavy (non-hydrogen) atoms. The average molecular weight is 188 g/mol. The number of aryl methyl sites for hydroxylation is 1. The van der Waals surface area contributed by atoms with Crippen molar-refractivity contribution in [2.24, 2.45) is 0 Å². The fourth-order valence-corrected chi connectivity index (χ4v) is 1.11. The highest BCUT2D eigenvalue weighted by atomic mass is 16.2. The molecule has 0 heterocycles. The Hall–Kier alpha value is -1.59. The number of aldehydes is 1. The van der Waals surface area contributed by atoms with Crippen molar-refractivity contribution in [3.05, 3.63) is 34.9 Å². The molecule has 0 aliphatic rings. The number of hydrogen-bond acceptors (Lipinski definition) is 2. The van der Waals surface area contributed by atoms with Crippen molar-refractivity contribution >= 4 is 6.29 Å². The summed E-state index contributed by atoms with van der Waals surface area (Å²) in [7, 11) is 0. The number of rotatable bonds is 2. The SMILES string of the molecule is Cc1cc(C#CCCO)ccc1C=O. The molecular weight excluding hydrogens is 176 g/mol. The minimum atomic E-state index is 0.0817. The van der Waals surface area contributed by atoms with E-state index in [1.54, 1.807) is 12.1 Å². The van der Waals surface area contributed by atoms with Gasteiger partial charge in [-0.1, -0.05) is 17.9 Å². The Morgan fingerprint density at radius 1 is 1.50 bits per heavy atom. The number of carbonyl (C=O) groups excluding carboxylic acids is 1. The maximum atomic E-state index is 10.5. The van der Waals surface area contributed by atoms with Crippen LogP contribution in [0, 0.1) is 18.8 Å². The van der Waals surface area contributed by atoms with Crippen molar-refractivity contribution in [2.45, 2.75) is 13.3 Å². The van der Waals surface area contributed by atoms with E-state index >= 15 is 0 Å². The van der Waals surface area contributed by atoms with Crippen molar-refractivity contribution in [1.29, 1.82) is 0 Å². The van der Waals surface area contributed by atoms with E-state index in [0.29, 0.717) is 12.0 Å². The largest absolute Gasteiger partial charge is 0.395 e. The minimum Gasteiger partial charge on any atom is -0.395 e. The maximum absolute atomic E-state index is 10.5. The summed E-state index contributed by atoms with van der Waals surface area (Å²) >= 11 is 0. The average Bonchev–Trinajstić information content (AvgIpc) is 2.18. The minimum absolute atomic E-state index is 0.0817. The summed E-state index contributed by atoms with van der Waals surface area (Å²) < 4.78 is 0. The third kappa shape index (κ3) is 2.72. The van der Waals surface area contributed by atoms with Crippen LogP contribution in [0.4, 0.5) is 0 Å². The summed E-state index contributed by atoms with van der Waals surface area (Å²) in [5.74, 6) is 5.74. The van der Waals surface area contributed by atoms with E-state index in [4.69, 9.17) is 5.11 Å². The topological polar surface area (TPSA) is 37.3 Å². The molecule has 1 aromatic carbocycles. The van der Waals surface area contributed by atoms with Crippen molar-refractivity contribution in [3.8, 4) is 11.8 Å². The highest BCUT2D eigenvalue weighted by molar-refractivity contribution is 5.77. The lowest BCUT2D eigenvalue weighted by Crippen LogP contribution is -1.87. The second kappa shape index (κ2) is 5.21. The molecule has 0 fully saturated rings. The molecule has 0 bridgehead atoms. The van der Waals surface area contributed by atoms with Gasteiger partial charge in [0.25, 0.3) is 0 Å². The van der Waals surface area contributed by atoms with Crippen molar-refractivity contribution < 1.29 is 9.90 Å². The van der Waals surface area contributed by atoms with E-state index < -0.39 is 0 Å². The van der Waals surface area contributed by atoms with Crippen molar-refractivity contribution in [3.63, 3.8) is 0 Å². The summed E-state index contributed by atoms with van der Waals surface area (Å²) in [5, 5.41) is 8.53.